The molecule has 0 spiro atoms. The maximum absolute atomic E-state index is 14.0. The lowest BCUT2D eigenvalue weighted by molar-refractivity contribution is -0.0485. The van der Waals surface area contributed by atoms with E-state index in [1.807, 2.05) is 0 Å². The molecule has 1 aromatic rings. The van der Waals surface area contributed by atoms with E-state index in [1.165, 1.54) is 19.1 Å². The SMILES string of the molecule is Cc1ccc(F)c(C(N)C2CCC(F)(F)CC2)c1F. The minimum Gasteiger partial charge on any atom is -0.324 e. The van der Waals surface area contributed by atoms with E-state index in [1.54, 1.807) is 0 Å². The summed E-state index contributed by atoms with van der Waals surface area (Å²) in [5.41, 5.74) is 6.05. The maximum atomic E-state index is 14.0. The Morgan fingerprint density at radius 2 is 1.79 bits per heavy atom. The number of aryl methyl sites for hydroxylation is 1. The van der Waals surface area contributed by atoms with Gasteiger partial charge in [0, 0.05) is 24.4 Å². The molecule has 19 heavy (non-hydrogen) atoms. The van der Waals surface area contributed by atoms with Crippen molar-refractivity contribution < 1.29 is 17.6 Å². The van der Waals surface area contributed by atoms with Crippen molar-refractivity contribution in [2.45, 2.75) is 44.6 Å². The standard InChI is InChI=1S/C14H17F4N/c1-8-2-3-10(15)11(12(8)16)13(19)9-4-6-14(17,18)7-5-9/h2-3,9,13H,4-7,19H2,1H3. The van der Waals surface area contributed by atoms with Gasteiger partial charge in [-0.3, -0.25) is 0 Å². The van der Waals surface area contributed by atoms with Crippen LogP contribution in [0.2, 0.25) is 0 Å². The molecule has 1 unspecified atom stereocenters. The molecule has 1 aliphatic carbocycles. The summed E-state index contributed by atoms with van der Waals surface area (Å²) >= 11 is 0. The predicted octanol–water partition coefficient (Wildman–Crippen LogP) is 4.10. The fourth-order valence-corrected chi connectivity index (χ4v) is 2.64. The van der Waals surface area contributed by atoms with Crippen LogP contribution in [0.1, 0.15) is 42.9 Å². The van der Waals surface area contributed by atoms with Crippen molar-refractivity contribution in [3.05, 3.63) is 34.9 Å². The molecule has 1 fully saturated rings. The second-order valence-electron chi connectivity index (χ2n) is 5.31. The third-order valence-electron chi connectivity index (χ3n) is 3.92. The van der Waals surface area contributed by atoms with Crippen LogP contribution in [0.3, 0.4) is 0 Å². The molecule has 0 aromatic heterocycles. The highest BCUT2D eigenvalue weighted by Gasteiger charge is 2.38. The number of hydrogen-bond acceptors (Lipinski definition) is 1. The van der Waals surface area contributed by atoms with Gasteiger partial charge in [0.25, 0.3) is 0 Å². The molecule has 2 N–H and O–H groups in total. The molecule has 0 amide bonds. The number of rotatable bonds is 2. The number of benzene rings is 1. The molecular formula is C14H17F4N. The third kappa shape index (κ3) is 2.91. The van der Waals surface area contributed by atoms with Gasteiger partial charge in [-0.05, 0) is 37.3 Å². The van der Waals surface area contributed by atoms with Crippen LogP contribution in [0.5, 0.6) is 0 Å². The first-order valence-electron chi connectivity index (χ1n) is 6.40. The van der Waals surface area contributed by atoms with Gasteiger partial charge >= 0.3 is 0 Å². The van der Waals surface area contributed by atoms with Gasteiger partial charge in [0.1, 0.15) is 11.6 Å². The summed E-state index contributed by atoms with van der Waals surface area (Å²) in [4.78, 5) is 0. The molecule has 106 valence electrons. The molecule has 0 heterocycles. The smallest absolute Gasteiger partial charge is 0.248 e. The van der Waals surface area contributed by atoms with E-state index in [0.29, 0.717) is 5.56 Å². The largest absolute Gasteiger partial charge is 0.324 e. The molecule has 0 radical (unpaired) electrons. The van der Waals surface area contributed by atoms with Gasteiger partial charge in [-0.2, -0.15) is 0 Å². The van der Waals surface area contributed by atoms with Crippen LogP contribution in [0.15, 0.2) is 12.1 Å². The summed E-state index contributed by atoms with van der Waals surface area (Å²) in [7, 11) is 0. The first-order chi connectivity index (χ1) is 8.82. The van der Waals surface area contributed by atoms with Crippen molar-refractivity contribution >= 4 is 0 Å². The highest BCUT2D eigenvalue weighted by atomic mass is 19.3. The summed E-state index contributed by atoms with van der Waals surface area (Å²) in [6, 6.07) is 1.65. The van der Waals surface area contributed by atoms with E-state index in [2.05, 4.69) is 0 Å². The molecule has 0 bridgehead atoms. The Labute approximate surface area is 109 Å². The number of halogens is 4. The fraction of sp³-hybridized carbons (Fsp3) is 0.571. The predicted molar refractivity (Wildman–Crippen MR) is 64.9 cm³/mol. The van der Waals surface area contributed by atoms with Gasteiger partial charge in [0.2, 0.25) is 5.92 Å². The van der Waals surface area contributed by atoms with Crippen molar-refractivity contribution in [3.8, 4) is 0 Å². The van der Waals surface area contributed by atoms with Crippen molar-refractivity contribution in [1.82, 2.24) is 0 Å². The van der Waals surface area contributed by atoms with Crippen LogP contribution >= 0.6 is 0 Å². The highest BCUT2D eigenvalue weighted by Crippen LogP contribution is 2.41. The first-order valence-corrected chi connectivity index (χ1v) is 6.40. The Bertz CT molecular complexity index is 463. The van der Waals surface area contributed by atoms with Crippen LogP contribution in [0.4, 0.5) is 17.6 Å². The van der Waals surface area contributed by atoms with Gasteiger partial charge < -0.3 is 5.73 Å². The molecule has 1 aliphatic rings. The lowest BCUT2D eigenvalue weighted by atomic mass is 9.79. The third-order valence-corrected chi connectivity index (χ3v) is 3.92. The van der Waals surface area contributed by atoms with Crippen LogP contribution in [-0.4, -0.2) is 5.92 Å². The topological polar surface area (TPSA) is 26.0 Å². The lowest BCUT2D eigenvalue weighted by Crippen LogP contribution is -2.32. The van der Waals surface area contributed by atoms with Gasteiger partial charge in [-0.25, -0.2) is 17.6 Å². The van der Waals surface area contributed by atoms with E-state index in [0.717, 1.165) is 0 Å². The van der Waals surface area contributed by atoms with Crippen molar-refractivity contribution in [1.29, 1.82) is 0 Å². The number of hydrogen-bond donors (Lipinski definition) is 1. The number of alkyl halides is 2. The molecule has 0 aliphatic heterocycles. The Morgan fingerprint density at radius 1 is 1.21 bits per heavy atom. The van der Waals surface area contributed by atoms with Crippen LogP contribution in [0.25, 0.3) is 0 Å². The van der Waals surface area contributed by atoms with Crippen molar-refractivity contribution in [3.63, 3.8) is 0 Å². The minimum atomic E-state index is -2.67. The molecular weight excluding hydrogens is 258 g/mol. The minimum absolute atomic E-state index is 0.171. The molecule has 2 rings (SSSR count). The second-order valence-corrected chi connectivity index (χ2v) is 5.31. The number of nitrogens with two attached hydrogens (primary N) is 1. The first kappa shape index (κ1) is 14.3. The molecule has 1 saturated carbocycles. The van der Waals surface area contributed by atoms with Crippen molar-refractivity contribution in [2.75, 3.05) is 0 Å². The van der Waals surface area contributed by atoms with Gasteiger partial charge in [-0.15, -0.1) is 0 Å². The molecule has 5 heteroatoms. The summed E-state index contributed by atoms with van der Waals surface area (Å²) in [5, 5.41) is 0. The Hall–Kier alpha value is -1.10. The zero-order chi connectivity index (χ0) is 14.2. The highest BCUT2D eigenvalue weighted by molar-refractivity contribution is 5.29. The van der Waals surface area contributed by atoms with E-state index < -0.39 is 23.6 Å². The van der Waals surface area contributed by atoms with E-state index in [-0.39, 0.29) is 37.2 Å². The van der Waals surface area contributed by atoms with Gasteiger partial charge in [0.05, 0.1) is 0 Å². The van der Waals surface area contributed by atoms with Gasteiger partial charge in [-0.1, -0.05) is 6.07 Å². The normalized spacial score (nSPS) is 21.4. The monoisotopic (exact) mass is 275 g/mol. The van der Waals surface area contributed by atoms with Crippen LogP contribution in [-0.2, 0) is 0 Å². The van der Waals surface area contributed by atoms with Crippen LogP contribution in [0, 0.1) is 24.5 Å². The lowest BCUT2D eigenvalue weighted by Gasteiger charge is -2.32. The Balaban J connectivity index is 2.21. The van der Waals surface area contributed by atoms with Crippen LogP contribution < -0.4 is 5.73 Å². The van der Waals surface area contributed by atoms with E-state index >= 15 is 0 Å². The summed E-state index contributed by atoms with van der Waals surface area (Å²) in [6.07, 6.45) is -0.136. The molecule has 1 atom stereocenters. The zero-order valence-corrected chi connectivity index (χ0v) is 10.7. The van der Waals surface area contributed by atoms with E-state index in [4.69, 9.17) is 5.73 Å². The average molecular weight is 275 g/mol. The summed E-state index contributed by atoms with van der Waals surface area (Å²) in [5.74, 6) is -4.33. The van der Waals surface area contributed by atoms with E-state index in [9.17, 15) is 17.6 Å². The van der Waals surface area contributed by atoms with Gasteiger partial charge in [0.15, 0.2) is 0 Å². The molecule has 1 nitrogen and oxygen atoms in total. The fourth-order valence-electron chi connectivity index (χ4n) is 2.64. The second kappa shape index (κ2) is 5.12. The quantitative estimate of drug-likeness (QED) is 0.808. The zero-order valence-electron chi connectivity index (χ0n) is 10.7. The Kier molecular flexibility index (Phi) is 3.85. The summed E-state index contributed by atoms with van der Waals surface area (Å²) < 4.78 is 53.8. The maximum Gasteiger partial charge on any atom is 0.248 e. The molecule has 1 aromatic carbocycles. The average Bonchev–Trinajstić information content (AvgIpc) is 2.34. The molecule has 0 saturated heterocycles. The summed E-state index contributed by atoms with van der Waals surface area (Å²) in [6.45, 7) is 1.53. The Morgan fingerprint density at radius 3 is 2.37 bits per heavy atom. The van der Waals surface area contributed by atoms with Crippen molar-refractivity contribution in [2.24, 2.45) is 11.7 Å².